The lowest BCUT2D eigenvalue weighted by Gasteiger charge is -2.29. The zero-order valence-electron chi connectivity index (χ0n) is 15.5. The van der Waals surface area contributed by atoms with Crippen molar-refractivity contribution in [3.05, 3.63) is 24.5 Å². The molecule has 7 heteroatoms. The first-order valence-corrected chi connectivity index (χ1v) is 10.4. The molecular weight excluding hydrogens is 346 g/mol. The van der Waals surface area contributed by atoms with Crippen molar-refractivity contribution in [1.29, 1.82) is 0 Å². The molecule has 1 amide bonds. The third-order valence-electron chi connectivity index (χ3n) is 4.89. The molecule has 0 saturated heterocycles. The largest absolute Gasteiger partial charge is 0.352 e. The van der Waals surface area contributed by atoms with E-state index < -0.39 is 0 Å². The van der Waals surface area contributed by atoms with Gasteiger partial charge in [-0.15, -0.1) is 10.2 Å². The van der Waals surface area contributed by atoms with E-state index in [0.717, 1.165) is 35.9 Å². The van der Waals surface area contributed by atoms with Crippen LogP contribution in [0.1, 0.15) is 46.0 Å². The van der Waals surface area contributed by atoms with E-state index in [4.69, 9.17) is 0 Å². The van der Waals surface area contributed by atoms with E-state index in [1.165, 1.54) is 31.0 Å². The Balaban J connectivity index is 1.64. The minimum absolute atomic E-state index is 0.0882. The lowest BCUT2D eigenvalue weighted by molar-refractivity contribution is -0.119. The van der Waals surface area contributed by atoms with Crippen molar-refractivity contribution in [3.63, 3.8) is 0 Å². The molecule has 0 radical (unpaired) electrons. The molecule has 1 fully saturated rings. The van der Waals surface area contributed by atoms with Crippen molar-refractivity contribution in [2.45, 2.75) is 63.7 Å². The van der Waals surface area contributed by atoms with E-state index in [1.54, 1.807) is 12.4 Å². The molecule has 2 aromatic heterocycles. The number of thioether (sulfide) groups is 1. The molecule has 2 atom stereocenters. The van der Waals surface area contributed by atoms with Crippen LogP contribution in [0, 0.1) is 5.92 Å². The summed E-state index contributed by atoms with van der Waals surface area (Å²) in [4.78, 5) is 16.4. The third kappa shape index (κ3) is 4.63. The van der Waals surface area contributed by atoms with Gasteiger partial charge in [0.05, 0.1) is 5.75 Å². The quantitative estimate of drug-likeness (QED) is 0.752. The number of hydrogen-bond acceptors (Lipinski definition) is 5. The van der Waals surface area contributed by atoms with Gasteiger partial charge in [0.25, 0.3) is 0 Å². The maximum Gasteiger partial charge on any atom is 0.230 e. The number of hydrogen-bond donors (Lipinski definition) is 1. The van der Waals surface area contributed by atoms with Gasteiger partial charge in [0.2, 0.25) is 5.91 Å². The van der Waals surface area contributed by atoms with Crippen molar-refractivity contribution in [2.75, 3.05) is 5.75 Å². The highest BCUT2D eigenvalue weighted by atomic mass is 32.2. The number of carbonyl (C=O) groups is 1. The first-order valence-electron chi connectivity index (χ1n) is 9.44. The average molecular weight is 374 g/mol. The normalized spacial score (nSPS) is 20.1. The highest BCUT2D eigenvalue weighted by Crippen LogP contribution is 2.25. The van der Waals surface area contributed by atoms with E-state index >= 15 is 0 Å². The first kappa shape index (κ1) is 18.9. The Morgan fingerprint density at radius 1 is 1.27 bits per heavy atom. The van der Waals surface area contributed by atoms with Gasteiger partial charge < -0.3 is 9.88 Å². The van der Waals surface area contributed by atoms with E-state index in [2.05, 4.69) is 38.9 Å². The molecule has 0 aliphatic heterocycles. The zero-order chi connectivity index (χ0) is 18.4. The monoisotopic (exact) mass is 373 g/mol. The molecule has 26 heavy (non-hydrogen) atoms. The standard InChI is InChI=1S/C19H27N5OS/c1-3-12-24-18(15-8-10-20-11-9-15)22-23-19(24)26-13-17(25)21-16-7-5-4-6-14(16)2/h8-11,14,16H,3-7,12-13H2,1-2H3,(H,21,25)/t14-,16+/m0/s1. The predicted octanol–water partition coefficient (Wildman–Crippen LogP) is 3.54. The van der Waals surface area contributed by atoms with Crippen molar-refractivity contribution in [2.24, 2.45) is 5.92 Å². The number of amides is 1. The topological polar surface area (TPSA) is 72.7 Å². The molecule has 3 rings (SSSR count). The zero-order valence-corrected chi connectivity index (χ0v) is 16.3. The summed E-state index contributed by atoms with van der Waals surface area (Å²) in [6, 6.07) is 4.18. The molecule has 140 valence electrons. The van der Waals surface area contributed by atoms with Gasteiger partial charge in [-0.1, -0.05) is 38.5 Å². The molecule has 0 unspecified atom stereocenters. The van der Waals surface area contributed by atoms with E-state index in [0.29, 0.717) is 17.7 Å². The molecule has 2 heterocycles. The van der Waals surface area contributed by atoms with E-state index in [9.17, 15) is 4.79 Å². The van der Waals surface area contributed by atoms with Crippen LogP contribution in [0.3, 0.4) is 0 Å². The molecule has 1 saturated carbocycles. The Hall–Kier alpha value is -1.89. The van der Waals surface area contributed by atoms with Crippen LogP contribution in [0.5, 0.6) is 0 Å². The van der Waals surface area contributed by atoms with Gasteiger partial charge in [-0.05, 0) is 37.3 Å². The second-order valence-corrected chi connectivity index (χ2v) is 7.86. The van der Waals surface area contributed by atoms with Crippen LogP contribution >= 0.6 is 11.8 Å². The van der Waals surface area contributed by atoms with E-state index in [-0.39, 0.29) is 5.91 Å². The Labute approximate surface area is 159 Å². The summed E-state index contributed by atoms with van der Waals surface area (Å²) in [6.07, 6.45) is 9.28. The van der Waals surface area contributed by atoms with Gasteiger partial charge in [-0.2, -0.15) is 0 Å². The van der Waals surface area contributed by atoms with Crippen molar-refractivity contribution in [1.82, 2.24) is 25.1 Å². The van der Waals surface area contributed by atoms with Gasteiger partial charge in [0.1, 0.15) is 0 Å². The van der Waals surface area contributed by atoms with Crippen LogP contribution in [0.2, 0.25) is 0 Å². The summed E-state index contributed by atoms with van der Waals surface area (Å²) in [5.41, 5.74) is 0.994. The molecule has 1 N–H and O–H groups in total. The molecule has 0 bridgehead atoms. The van der Waals surface area contributed by atoms with Gasteiger partial charge in [0, 0.05) is 30.5 Å². The molecule has 1 aliphatic carbocycles. The Morgan fingerprint density at radius 3 is 2.77 bits per heavy atom. The number of aromatic nitrogens is 4. The number of nitrogens with zero attached hydrogens (tertiary/aromatic N) is 4. The van der Waals surface area contributed by atoms with Crippen LogP contribution in [0.15, 0.2) is 29.7 Å². The fourth-order valence-electron chi connectivity index (χ4n) is 3.44. The number of carbonyl (C=O) groups excluding carboxylic acids is 1. The smallest absolute Gasteiger partial charge is 0.230 e. The maximum absolute atomic E-state index is 12.4. The minimum atomic E-state index is 0.0882. The highest BCUT2D eigenvalue weighted by molar-refractivity contribution is 7.99. The lowest BCUT2D eigenvalue weighted by Crippen LogP contribution is -2.41. The van der Waals surface area contributed by atoms with Crippen molar-refractivity contribution < 1.29 is 4.79 Å². The number of nitrogens with one attached hydrogen (secondary N) is 1. The van der Waals surface area contributed by atoms with Crippen LogP contribution < -0.4 is 5.32 Å². The molecule has 0 aromatic carbocycles. The predicted molar refractivity (Wildman–Crippen MR) is 104 cm³/mol. The number of rotatable bonds is 7. The third-order valence-corrected chi connectivity index (χ3v) is 5.86. The van der Waals surface area contributed by atoms with E-state index in [1.807, 2.05) is 12.1 Å². The highest BCUT2D eigenvalue weighted by Gasteiger charge is 2.23. The van der Waals surface area contributed by atoms with Gasteiger partial charge in [-0.3, -0.25) is 9.78 Å². The Bertz CT molecular complexity index is 718. The molecule has 1 aliphatic rings. The molecule has 2 aromatic rings. The summed E-state index contributed by atoms with van der Waals surface area (Å²) >= 11 is 1.46. The molecular formula is C19H27N5OS. The van der Waals surface area contributed by atoms with Crippen LogP contribution in [-0.4, -0.2) is 37.5 Å². The van der Waals surface area contributed by atoms with Gasteiger partial charge >= 0.3 is 0 Å². The maximum atomic E-state index is 12.4. The van der Waals surface area contributed by atoms with Crippen LogP contribution in [-0.2, 0) is 11.3 Å². The minimum Gasteiger partial charge on any atom is -0.352 e. The second-order valence-electron chi connectivity index (χ2n) is 6.92. The van der Waals surface area contributed by atoms with Gasteiger partial charge in [0.15, 0.2) is 11.0 Å². The second kappa shape index (κ2) is 9.16. The Morgan fingerprint density at radius 2 is 2.04 bits per heavy atom. The Kier molecular flexibility index (Phi) is 6.66. The summed E-state index contributed by atoms with van der Waals surface area (Å²) in [5, 5.41) is 12.7. The fraction of sp³-hybridized carbons (Fsp3) is 0.579. The number of pyridine rings is 1. The van der Waals surface area contributed by atoms with Crippen LogP contribution in [0.4, 0.5) is 0 Å². The summed E-state index contributed by atoms with van der Waals surface area (Å²) in [6.45, 7) is 5.19. The molecule has 6 nitrogen and oxygen atoms in total. The fourth-order valence-corrected chi connectivity index (χ4v) is 4.22. The summed E-state index contributed by atoms with van der Waals surface area (Å²) in [7, 11) is 0. The van der Waals surface area contributed by atoms with Crippen molar-refractivity contribution >= 4 is 17.7 Å². The summed E-state index contributed by atoms with van der Waals surface area (Å²) in [5.74, 6) is 1.87. The summed E-state index contributed by atoms with van der Waals surface area (Å²) < 4.78 is 2.09. The first-order chi connectivity index (χ1) is 12.7. The lowest BCUT2D eigenvalue weighted by atomic mass is 9.86. The molecule has 0 spiro atoms. The average Bonchev–Trinajstić information content (AvgIpc) is 3.06. The van der Waals surface area contributed by atoms with Crippen LogP contribution in [0.25, 0.3) is 11.4 Å². The van der Waals surface area contributed by atoms with Crippen molar-refractivity contribution in [3.8, 4) is 11.4 Å². The SMILES string of the molecule is CCCn1c(SCC(=O)N[C@@H]2CCCC[C@@H]2C)nnc1-c1ccncc1. The van der Waals surface area contributed by atoms with Gasteiger partial charge in [-0.25, -0.2) is 0 Å².